The molecule has 0 aliphatic rings. The minimum Gasteiger partial charge on any atom is -0.480 e. The Morgan fingerprint density at radius 1 is 1.29 bits per heavy atom. The van der Waals surface area contributed by atoms with Gasteiger partial charge in [-0.25, -0.2) is 0 Å². The molecule has 0 spiro atoms. The van der Waals surface area contributed by atoms with Gasteiger partial charge in [0, 0.05) is 0 Å². The van der Waals surface area contributed by atoms with Crippen molar-refractivity contribution in [1.29, 1.82) is 0 Å². The predicted octanol–water partition coefficient (Wildman–Crippen LogP) is 0.348. The van der Waals surface area contributed by atoms with Gasteiger partial charge in [0.15, 0.2) is 6.29 Å². The van der Waals surface area contributed by atoms with E-state index in [0.29, 0.717) is 12.8 Å². The zero-order chi connectivity index (χ0) is 13.3. The van der Waals surface area contributed by atoms with E-state index >= 15 is 0 Å². The maximum absolute atomic E-state index is 10.4. The minimum absolute atomic E-state index is 0.385. The van der Waals surface area contributed by atoms with Crippen molar-refractivity contribution in [3.05, 3.63) is 35.9 Å². The van der Waals surface area contributed by atoms with Crippen molar-refractivity contribution in [2.45, 2.75) is 32.1 Å². The fourth-order valence-electron chi connectivity index (χ4n) is 0.955. The third kappa shape index (κ3) is 8.38. The molecule has 5 nitrogen and oxygen atoms in total. The molecule has 1 aromatic carbocycles. The smallest absolute Gasteiger partial charge is 0.320 e. The SMILES string of the molecule is CCC(O)O.NC(Cc1ccccc1)C(=O)O. The third-order valence-corrected chi connectivity index (χ3v) is 1.98. The highest BCUT2D eigenvalue weighted by Gasteiger charge is 2.10. The number of benzene rings is 1. The van der Waals surface area contributed by atoms with Crippen molar-refractivity contribution >= 4 is 5.97 Å². The maximum Gasteiger partial charge on any atom is 0.320 e. The fraction of sp³-hybridized carbons (Fsp3) is 0.417. The molecule has 0 saturated carbocycles. The van der Waals surface area contributed by atoms with Crippen LogP contribution >= 0.6 is 0 Å². The summed E-state index contributed by atoms with van der Waals surface area (Å²) in [6.45, 7) is 1.70. The van der Waals surface area contributed by atoms with Gasteiger partial charge in [-0.15, -0.1) is 0 Å². The number of hydrogen-bond donors (Lipinski definition) is 4. The molecule has 1 rings (SSSR count). The van der Waals surface area contributed by atoms with Gasteiger partial charge in [0.1, 0.15) is 6.04 Å². The number of carboxylic acid groups (broad SMARTS) is 1. The first-order valence-electron chi connectivity index (χ1n) is 5.35. The Hall–Kier alpha value is -1.43. The molecule has 0 bridgehead atoms. The standard InChI is InChI=1S/C9H11NO2.C3H8O2/c10-8(9(11)12)6-7-4-2-1-3-5-7;1-2-3(4)5/h1-5,8H,6,10H2,(H,11,12);3-5H,2H2,1H3. The first kappa shape index (κ1) is 15.6. The van der Waals surface area contributed by atoms with Gasteiger partial charge in [0.2, 0.25) is 0 Å². The van der Waals surface area contributed by atoms with Crippen LogP contribution in [-0.2, 0) is 11.2 Å². The zero-order valence-corrected chi connectivity index (χ0v) is 9.78. The van der Waals surface area contributed by atoms with Crippen molar-refractivity contribution in [3.63, 3.8) is 0 Å². The predicted molar refractivity (Wildman–Crippen MR) is 64.3 cm³/mol. The Morgan fingerprint density at radius 2 is 1.76 bits per heavy atom. The van der Waals surface area contributed by atoms with Gasteiger partial charge in [0.25, 0.3) is 0 Å². The van der Waals surface area contributed by atoms with E-state index in [9.17, 15) is 4.79 Å². The first-order chi connectivity index (χ1) is 7.97. The molecule has 0 radical (unpaired) electrons. The highest BCUT2D eigenvalue weighted by molar-refractivity contribution is 5.73. The summed E-state index contributed by atoms with van der Waals surface area (Å²) in [5, 5.41) is 24.4. The lowest BCUT2D eigenvalue weighted by molar-refractivity contribution is -0.138. The maximum atomic E-state index is 10.4. The summed E-state index contributed by atoms with van der Waals surface area (Å²) in [5.41, 5.74) is 6.30. The van der Waals surface area contributed by atoms with Gasteiger partial charge < -0.3 is 21.1 Å². The van der Waals surface area contributed by atoms with Crippen LogP contribution in [0.4, 0.5) is 0 Å². The summed E-state index contributed by atoms with van der Waals surface area (Å²) in [6, 6.07) is 8.54. The van der Waals surface area contributed by atoms with Crippen LogP contribution < -0.4 is 5.73 Å². The number of aliphatic hydroxyl groups excluding tert-OH is 1. The summed E-state index contributed by atoms with van der Waals surface area (Å²) in [6.07, 6.45) is -0.314. The summed E-state index contributed by atoms with van der Waals surface area (Å²) in [5.74, 6) is -0.959. The van der Waals surface area contributed by atoms with Crippen molar-refractivity contribution in [2.75, 3.05) is 0 Å². The van der Waals surface area contributed by atoms with E-state index in [4.69, 9.17) is 21.1 Å². The molecule has 0 amide bonds. The normalized spacial score (nSPS) is 11.6. The van der Waals surface area contributed by atoms with E-state index in [1.807, 2.05) is 30.3 Å². The second-order valence-corrected chi connectivity index (χ2v) is 3.52. The average Bonchev–Trinajstić information content (AvgIpc) is 2.31. The zero-order valence-electron chi connectivity index (χ0n) is 9.78. The number of hydrogen-bond acceptors (Lipinski definition) is 4. The Morgan fingerprint density at radius 3 is 2.12 bits per heavy atom. The Bertz CT molecular complexity index is 314. The Balaban J connectivity index is 0.000000437. The molecule has 0 saturated heterocycles. The second-order valence-electron chi connectivity index (χ2n) is 3.52. The van der Waals surface area contributed by atoms with Crippen LogP contribution in [0, 0.1) is 0 Å². The largest absolute Gasteiger partial charge is 0.480 e. The summed E-state index contributed by atoms with van der Waals surface area (Å²) >= 11 is 0. The van der Waals surface area contributed by atoms with Gasteiger partial charge in [-0.3, -0.25) is 4.79 Å². The van der Waals surface area contributed by atoms with Gasteiger partial charge in [0.05, 0.1) is 0 Å². The van der Waals surface area contributed by atoms with Crippen molar-refractivity contribution in [3.8, 4) is 0 Å². The fourth-order valence-corrected chi connectivity index (χ4v) is 0.955. The highest BCUT2D eigenvalue weighted by Crippen LogP contribution is 2.01. The molecule has 96 valence electrons. The number of nitrogens with two attached hydrogens (primary N) is 1. The molecule has 17 heavy (non-hydrogen) atoms. The molecule has 0 aliphatic heterocycles. The van der Waals surface area contributed by atoms with Crippen LogP contribution in [0.15, 0.2) is 30.3 Å². The monoisotopic (exact) mass is 241 g/mol. The molecule has 1 atom stereocenters. The Labute approximate surface area is 101 Å². The summed E-state index contributed by atoms with van der Waals surface area (Å²) < 4.78 is 0. The van der Waals surface area contributed by atoms with Crippen molar-refractivity contribution < 1.29 is 20.1 Å². The van der Waals surface area contributed by atoms with Crippen LogP contribution in [0.3, 0.4) is 0 Å². The third-order valence-electron chi connectivity index (χ3n) is 1.98. The van der Waals surface area contributed by atoms with E-state index < -0.39 is 18.3 Å². The lowest BCUT2D eigenvalue weighted by Gasteiger charge is -2.04. The van der Waals surface area contributed by atoms with Gasteiger partial charge >= 0.3 is 5.97 Å². The molecule has 1 aromatic rings. The molecule has 0 aromatic heterocycles. The quantitative estimate of drug-likeness (QED) is 0.569. The van der Waals surface area contributed by atoms with E-state index in [1.54, 1.807) is 6.92 Å². The molecular weight excluding hydrogens is 222 g/mol. The summed E-state index contributed by atoms with van der Waals surface area (Å²) in [7, 11) is 0. The number of rotatable bonds is 4. The van der Waals surface area contributed by atoms with Crippen molar-refractivity contribution in [1.82, 2.24) is 0 Å². The van der Waals surface area contributed by atoms with Crippen LogP contribution in [-0.4, -0.2) is 33.6 Å². The number of carboxylic acids is 1. The van der Waals surface area contributed by atoms with E-state index in [2.05, 4.69) is 0 Å². The van der Waals surface area contributed by atoms with Crippen molar-refractivity contribution in [2.24, 2.45) is 5.73 Å². The molecule has 0 fully saturated rings. The average molecular weight is 241 g/mol. The summed E-state index contributed by atoms with van der Waals surface area (Å²) in [4.78, 5) is 10.4. The van der Waals surface area contributed by atoms with E-state index in [0.717, 1.165) is 5.56 Å². The number of carbonyl (C=O) groups is 1. The topological polar surface area (TPSA) is 104 Å². The van der Waals surface area contributed by atoms with E-state index in [1.165, 1.54) is 0 Å². The molecule has 1 unspecified atom stereocenters. The van der Waals surface area contributed by atoms with Crippen LogP contribution in [0.2, 0.25) is 0 Å². The molecule has 0 heterocycles. The van der Waals surface area contributed by atoms with Gasteiger partial charge in [-0.1, -0.05) is 37.3 Å². The van der Waals surface area contributed by atoms with Gasteiger partial charge in [-0.2, -0.15) is 0 Å². The minimum atomic E-state index is -1.12. The Kier molecular flexibility index (Phi) is 7.96. The molecule has 0 aliphatic carbocycles. The second kappa shape index (κ2) is 8.69. The van der Waals surface area contributed by atoms with Gasteiger partial charge in [-0.05, 0) is 18.4 Å². The van der Waals surface area contributed by atoms with Crippen LogP contribution in [0.5, 0.6) is 0 Å². The highest BCUT2D eigenvalue weighted by atomic mass is 16.5. The first-order valence-corrected chi connectivity index (χ1v) is 5.35. The molecule has 5 heteroatoms. The number of aliphatic carboxylic acids is 1. The number of aliphatic hydroxyl groups is 2. The molecule has 5 N–H and O–H groups in total. The lowest BCUT2D eigenvalue weighted by Crippen LogP contribution is -2.32. The van der Waals surface area contributed by atoms with E-state index in [-0.39, 0.29) is 0 Å². The molecular formula is C12H19NO4. The van der Waals surface area contributed by atoms with Crippen LogP contribution in [0.1, 0.15) is 18.9 Å². The lowest BCUT2D eigenvalue weighted by atomic mass is 10.1. The van der Waals surface area contributed by atoms with Crippen LogP contribution in [0.25, 0.3) is 0 Å².